The van der Waals surface area contributed by atoms with E-state index in [4.69, 9.17) is 9.47 Å². The molecule has 2 N–H and O–H groups in total. The Bertz CT molecular complexity index is 1510. The van der Waals surface area contributed by atoms with Crippen LogP contribution in [0.3, 0.4) is 0 Å². The molecule has 1 aliphatic heterocycles. The quantitative estimate of drug-likeness (QED) is 0.419. The Morgan fingerprint density at radius 3 is 2.61 bits per heavy atom. The summed E-state index contributed by atoms with van der Waals surface area (Å²) in [5.74, 6) is 0.113. The Labute approximate surface area is 222 Å². The van der Waals surface area contributed by atoms with Gasteiger partial charge >= 0.3 is 17.7 Å². The maximum atomic E-state index is 13.3. The van der Waals surface area contributed by atoms with E-state index in [-0.39, 0.29) is 29.8 Å². The van der Waals surface area contributed by atoms with E-state index in [9.17, 15) is 19.2 Å². The number of benzene rings is 1. The summed E-state index contributed by atoms with van der Waals surface area (Å²) >= 11 is 1.21. The molecule has 0 spiro atoms. The first kappa shape index (κ1) is 26.7. The van der Waals surface area contributed by atoms with Gasteiger partial charge in [0.25, 0.3) is 5.56 Å². The molecule has 198 valence electrons. The highest BCUT2D eigenvalue weighted by atomic mass is 32.2. The predicted octanol–water partition coefficient (Wildman–Crippen LogP) is 2.70. The third-order valence-electron chi connectivity index (χ3n) is 5.81. The van der Waals surface area contributed by atoms with Crippen LogP contribution >= 0.6 is 11.8 Å². The highest BCUT2D eigenvalue weighted by Crippen LogP contribution is 2.28. The minimum atomic E-state index is -0.575. The fraction of sp³-hybridized carbons (Fsp3) is 0.269. The third kappa shape index (κ3) is 5.97. The van der Waals surface area contributed by atoms with Gasteiger partial charge in [0.2, 0.25) is 5.88 Å². The van der Waals surface area contributed by atoms with Gasteiger partial charge < -0.3 is 20.1 Å². The number of esters is 1. The van der Waals surface area contributed by atoms with Crippen molar-refractivity contribution in [3.8, 4) is 5.88 Å². The standard InChI is InChI=1S/C26H27N5O6S/c1-4-27-25(34)29-19-7-5-17(6-8-19)12-31-23(32)16(2)20-15-38-21(13-30(20)26(31)35)24(33)37-14-18-9-10-28-22(11-18)36-3/h5-11,13H,4,12,14-15H2,1-3H3,(H2,27,29,34). The highest BCUT2D eigenvalue weighted by molar-refractivity contribution is 8.03. The van der Waals surface area contributed by atoms with E-state index in [0.29, 0.717) is 40.5 Å². The van der Waals surface area contributed by atoms with Crippen LogP contribution in [0.15, 0.2) is 57.1 Å². The van der Waals surface area contributed by atoms with Gasteiger partial charge in [-0.3, -0.25) is 13.9 Å². The first-order valence-electron chi connectivity index (χ1n) is 11.8. The Hall–Kier alpha value is -4.32. The average molecular weight is 538 g/mol. The number of nitrogens with zero attached hydrogens (tertiary/aromatic N) is 3. The normalized spacial score (nSPS) is 12.2. The second kappa shape index (κ2) is 11.8. The summed E-state index contributed by atoms with van der Waals surface area (Å²) in [5, 5.41) is 5.34. The number of hydrogen-bond donors (Lipinski definition) is 2. The number of rotatable bonds is 8. The van der Waals surface area contributed by atoms with Gasteiger partial charge in [0.05, 0.1) is 13.7 Å². The van der Waals surface area contributed by atoms with Crippen LogP contribution in [-0.2, 0) is 28.4 Å². The minimum Gasteiger partial charge on any atom is -0.481 e. The lowest BCUT2D eigenvalue weighted by Gasteiger charge is -2.20. The summed E-state index contributed by atoms with van der Waals surface area (Å²) in [7, 11) is 1.50. The van der Waals surface area contributed by atoms with Crippen LogP contribution in [0.5, 0.6) is 5.88 Å². The summed E-state index contributed by atoms with van der Waals surface area (Å²) in [5.41, 5.74) is 2.02. The van der Waals surface area contributed by atoms with Gasteiger partial charge in [-0.05, 0) is 43.2 Å². The molecule has 0 saturated heterocycles. The lowest BCUT2D eigenvalue weighted by atomic mass is 10.2. The van der Waals surface area contributed by atoms with Crippen LogP contribution < -0.4 is 26.6 Å². The molecular weight excluding hydrogens is 510 g/mol. The fourth-order valence-electron chi connectivity index (χ4n) is 3.79. The molecule has 12 heteroatoms. The molecule has 0 atom stereocenters. The molecule has 3 aromatic rings. The molecule has 1 aromatic carbocycles. The van der Waals surface area contributed by atoms with Crippen molar-refractivity contribution in [1.82, 2.24) is 19.4 Å². The van der Waals surface area contributed by atoms with Gasteiger partial charge in [0, 0.05) is 47.7 Å². The molecule has 0 unspecified atom stereocenters. The second-order valence-corrected chi connectivity index (χ2v) is 9.38. The molecule has 2 aromatic heterocycles. The van der Waals surface area contributed by atoms with E-state index < -0.39 is 17.2 Å². The number of fused-ring (bicyclic) bond motifs is 1. The largest absolute Gasteiger partial charge is 0.481 e. The molecule has 3 heterocycles. The smallest absolute Gasteiger partial charge is 0.346 e. The molecule has 38 heavy (non-hydrogen) atoms. The average Bonchev–Trinajstić information content (AvgIpc) is 2.93. The molecule has 1 aliphatic rings. The monoisotopic (exact) mass is 537 g/mol. The van der Waals surface area contributed by atoms with Gasteiger partial charge in [-0.2, -0.15) is 0 Å². The van der Waals surface area contributed by atoms with Gasteiger partial charge in [-0.25, -0.2) is 19.4 Å². The zero-order valence-corrected chi connectivity index (χ0v) is 22.0. The van der Waals surface area contributed by atoms with Gasteiger partial charge in [-0.15, -0.1) is 11.8 Å². The van der Waals surface area contributed by atoms with Gasteiger partial charge in [0.1, 0.15) is 11.5 Å². The van der Waals surface area contributed by atoms with Crippen molar-refractivity contribution in [1.29, 1.82) is 0 Å². The highest BCUT2D eigenvalue weighted by Gasteiger charge is 2.24. The Morgan fingerprint density at radius 1 is 1.13 bits per heavy atom. The van der Waals surface area contributed by atoms with E-state index in [0.717, 1.165) is 4.57 Å². The summed E-state index contributed by atoms with van der Waals surface area (Å²) in [4.78, 5) is 55.1. The SMILES string of the molecule is CCNC(=O)Nc1ccc(Cn2c(=O)c(C)c3n(c2=O)C=C(C(=O)OCc2ccnc(OC)c2)SC3)cc1. The number of thioether (sulfide) groups is 1. The maximum Gasteiger partial charge on any atom is 0.346 e. The van der Waals surface area contributed by atoms with Crippen molar-refractivity contribution in [2.45, 2.75) is 32.8 Å². The second-order valence-electron chi connectivity index (χ2n) is 8.36. The van der Waals surface area contributed by atoms with Crippen molar-refractivity contribution in [3.63, 3.8) is 0 Å². The summed E-state index contributed by atoms with van der Waals surface area (Å²) in [6.07, 6.45) is 2.98. The number of hydrogen-bond acceptors (Lipinski definition) is 8. The lowest BCUT2D eigenvalue weighted by molar-refractivity contribution is -0.139. The lowest BCUT2D eigenvalue weighted by Crippen LogP contribution is -2.42. The Balaban J connectivity index is 1.54. The van der Waals surface area contributed by atoms with Crippen LogP contribution in [0.25, 0.3) is 6.20 Å². The van der Waals surface area contributed by atoms with Crippen LogP contribution in [0.1, 0.15) is 29.3 Å². The van der Waals surface area contributed by atoms with Crippen LogP contribution in [0.4, 0.5) is 10.5 Å². The van der Waals surface area contributed by atoms with Crippen LogP contribution in [0, 0.1) is 6.92 Å². The maximum absolute atomic E-state index is 13.3. The molecule has 0 fully saturated rings. The number of methoxy groups -OCH3 is 1. The van der Waals surface area contributed by atoms with Gasteiger partial charge in [0.15, 0.2) is 0 Å². The number of aromatic nitrogens is 3. The Kier molecular flexibility index (Phi) is 8.31. The molecule has 4 rings (SSSR count). The fourth-order valence-corrected chi connectivity index (χ4v) is 4.79. The van der Waals surface area contributed by atoms with E-state index >= 15 is 0 Å². The summed E-state index contributed by atoms with van der Waals surface area (Å²) in [6, 6.07) is 9.91. The van der Waals surface area contributed by atoms with Crippen LogP contribution in [-0.4, -0.2) is 39.8 Å². The number of urea groups is 1. The number of carbonyl (C=O) groups is 2. The minimum absolute atomic E-state index is 0.0147. The van der Waals surface area contributed by atoms with E-state index in [1.807, 2.05) is 6.92 Å². The van der Waals surface area contributed by atoms with Crippen molar-refractivity contribution in [2.75, 3.05) is 19.0 Å². The Morgan fingerprint density at radius 2 is 1.89 bits per heavy atom. The summed E-state index contributed by atoms with van der Waals surface area (Å²) in [6.45, 7) is 4.03. The van der Waals surface area contributed by atoms with Crippen molar-refractivity contribution in [3.05, 3.63) is 90.7 Å². The molecule has 0 radical (unpaired) electrons. The molecule has 0 saturated carbocycles. The number of nitrogens with one attached hydrogen (secondary N) is 2. The van der Waals surface area contributed by atoms with Crippen molar-refractivity contribution < 1.29 is 19.1 Å². The molecule has 2 amide bonds. The van der Waals surface area contributed by atoms with E-state index in [2.05, 4.69) is 15.6 Å². The number of pyridine rings is 1. The van der Waals surface area contributed by atoms with Crippen LogP contribution in [0.2, 0.25) is 0 Å². The first-order valence-corrected chi connectivity index (χ1v) is 12.8. The van der Waals surface area contributed by atoms with Crippen molar-refractivity contribution >= 4 is 35.6 Å². The van der Waals surface area contributed by atoms with E-state index in [1.54, 1.807) is 49.5 Å². The zero-order chi connectivity index (χ0) is 27.2. The van der Waals surface area contributed by atoms with E-state index in [1.165, 1.54) is 29.6 Å². The molecule has 11 nitrogen and oxygen atoms in total. The van der Waals surface area contributed by atoms with Gasteiger partial charge in [-0.1, -0.05) is 12.1 Å². The third-order valence-corrected chi connectivity index (χ3v) is 6.81. The first-order chi connectivity index (χ1) is 18.3. The van der Waals surface area contributed by atoms with Crippen molar-refractivity contribution in [2.24, 2.45) is 0 Å². The molecular formula is C26H27N5O6S. The molecule has 0 aliphatic carbocycles. The molecule has 0 bridgehead atoms. The number of anilines is 1. The number of amides is 2. The number of carbonyl (C=O) groups excluding carboxylic acids is 2. The predicted molar refractivity (Wildman–Crippen MR) is 144 cm³/mol. The zero-order valence-electron chi connectivity index (χ0n) is 21.1. The topological polar surface area (TPSA) is 134 Å². The summed E-state index contributed by atoms with van der Waals surface area (Å²) < 4.78 is 13.0. The number of ether oxygens (including phenoxy) is 2.